The van der Waals surface area contributed by atoms with Crippen molar-refractivity contribution in [3.63, 3.8) is 0 Å². The Labute approximate surface area is 242 Å². The van der Waals surface area contributed by atoms with Crippen LogP contribution in [0.5, 0.6) is 0 Å². The molecule has 1 aliphatic rings. The molecule has 2 amide bonds. The molecule has 15 nitrogen and oxygen atoms in total. The second kappa shape index (κ2) is 11.4. The predicted octanol–water partition coefficient (Wildman–Crippen LogP) is 0.332. The van der Waals surface area contributed by atoms with Crippen LogP contribution < -0.4 is 10.2 Å². The summed E-state index contributed by atoms with van der Waals surface area (Å²) in [7, 11) is 1.56. The molecule has 5 heterocycles. The molecule has 0 aliphatic carbocycles. The number of rotatable bonds is 8. The highest BCUT2D eigenvalue weighted by molar-refractivity contribution is 6.45. The number of aromatic amines is 1. The number of carbonyl (C=O) groups excluding carboxylic acids is 3. The topological polar surface area (TPSA) is 180 Å². The molecule has 0 spiro atoms. The van der Waals surface area contributed by atoms with E-state index in [1.807, 2.05) is 35.2 Å². The number of hydrogen-bond donors (Lipinski definition) is 3. The van der Waals surface area contributed by atoms with E-state index in [0.29, 0.717) is 19.0 Å². The second-order valence-corrected chi connectivity index (χ2v) is 9.76. The third-order valence-corrected chi connectivity index (χ3v) is 7.16. The lowest BCUT2D eigenvalue weighted by molar-refractivity contribution is -0.126. The SMILES string of the molecule is Cn1nc(-c2ncc(F)c3c(C(=O)C(=O)N4CCN(c5nnnn5-c5ccccc5)CC4)c[nH]c23)cc1C(=O)NCCO. The van der Waals surface area contributed by atoms with E-state index >= 15 is 4.39 Å². The summed E-state index contributed by atoms with van der Waals surface area (Å²) in [5.74, 6) is -2.35. The molecular weight excluding hydrogens is 561 g/mol. The number of halogens is 1. The number of aryl methyl sites for hydroxylation is 1. The van der Waals surface area contributed by atoms with Gasteiger partial charge in [-0.3, -0.25) is 19.1 Å². The largest absolute Gasteiger partial charge is 0.395 e. The molecule has 16 heteroatoms. The summed E-state index contributed by atoms with van der Waals surface area (Å²) >= 11 is 0. The number of nitrogens with one attached hydrogen (secondary N) is 2. The number of nitrogens with zero attached hydrogens (tertiary/aromatic N) is 9. The highest BCUT2D eigenvalue weighted by atomic mass is 19.1. The fraction of sp³-hybridized carbons (Fsp3) is 0.259. The van der Waals surface area contributed by atoms with Crippen LogP contribution in [-0.4, -0.2) is 107 Å². The molecule has 0 atom stereocenters. The number of anilines is 1. The minimum Gasteiger partial charge on any atom is -0.395 e. The number of benzene rings is 1. The maximum atomic E-state index is 15.1. The quantitative estimate of drug-likeness (QED) is 0.169. The minimum atomic E-state index is -0.866. The fourth-order valence-electron chi connectivity index (χ4n) is 5.02. The molecule has 1 aliphatic heterocycles. The summed E-state index contributed by atoms with van der Waals surface area (Å²) in [4.78, 5) is 49.4. The van der Waals surface area contributed by atoms with Gasteiger partial charge in [0.1, 0.15) is 17.1 Å². The molecule has 0 radical (unpaired) electrons. The summed E-state index contributed by atoms with van der Waals surface area (Å²) in [5, 5.41) is 27.7. The van der Waals surface area contributed by atoms with Gasteiger partial charge in [0.2, 0.25) is 5.95 Å². The van der Waals surface area contributed by atoms with E-state index in [1.54, 1.807) is 11.7 Å². The first kappa shape index (κ1) is 27.6. The van der Waals surface area contributed by atoms with Crippen molar-refractivity contribution in [1.82, 2.24) is 50.2 Å². The van der Waals surface area contributed by atoms with E-state index in [4.69, 9.17) is 5.11 Å². The van der Waals surface area contributed by atoms with Crippen LogP contribution in [0, 0.1) is 5.82 Å². The van der Waals surface area contributed by atoms with Gasteiger partial charge in [-0.05, 0) is 28.6 Å². The van der Waals surface area contributed by atoms with Gasteiger partial charge < -0.3 is 25.2 Å². The van der Waals surface area contributed by atoms with Gasteiger partial charge in [-0.1, -0.05) is 23.3 Å². The van der Waals surface area contributed by atoms with Crippen LogP contribution in [0.15, 0.2) is 48.8 Å². The lowest BCUT2D eigenvalue weighted by atomic mass is 10.1. The number of piperazine rings is 1. The minimum absolute atomic E-state index is 0.0656. The lowest BCUT2D eigenvalue weighted by Gasteiger charge is -2.34. The van der Waals surface area contributed by atoms with E-state index in [2.05, 4.69) is 35.9 Å². The molecule has 1 aromatic carbocycles. The Morgan fingerprint density at radius 3 is 2.63 bits per heavy atom. The number of Topliss-reactive ketones (excluding diaryl/α,β-unsaturated/α-hetero) is 1. The first-order valence-corrected chi connectivity index (χ1v) is 13.4. The number of para-hydroxylation sites is 1. The van der Waals surface area contributed by atoms with E-state index in [0.717, 1.165) is 11.9 Å². The molecule has 0 saturated carbocycles. The number of fused-ring (bicyclic) bond motifs is 1. The smallest absolute Gasteiger partial charge is 0.295 e. The van der Waals surface area contributed by atoms with Gasteiger partial charge in [0.15, 0.2) is 5.82 Å². The van der Waals surface area contributed by atoms with Crippen molar-refractivity contribution < 1.29 is 23.9 Å². The molecule has 5 aromatic rings. The maximum Gasteiger partial charge on any atom is 0.295 e. The molecule has 3 N–H and O–H groups in total. The molecular formula is C27H26FN11O4. The maximum absolute atomic E-state index is 15.1. The summed E-state index contributed by atoms with van der Waals surface area (Å²) in [6.45, 7) is 1.08. The number of pyridine rings is 1. The molecule has 220 valence electrons. The van der Waals surface area contributed by atoms with Crippen molar-refractivity contribution in [2.75, 3.05) is 44.2 Å². The number of amides is 2. The van der Waals surface area contributed by atoms with Gasteiger partial charge in [-0.15, -0.1) is 0 Å². The van der Waals surface area contributed by atoms with Gasteiger partial charge in [0, 0.05) is 46.0 Å². The third-order valence-electron chi connectivity index (χ3n) is 7.16. The molecule has 1 saturated heterocycles. The van der Waals surface area contributed by atoms with Gasteiger partial charge in [0.25, 0.3) is 17.6 Å². The van der Waals surface area contributed by atoms with Crippen LogP contribution >= 0.6 is 0 Å². The normalized spacial score (nSPS) is 13.5. The van der Waals surface area contributed by atoms with Crippen LogP contribution in [-0.2, 0) is 11.8 Å². The number of tetrazole rings is 1. The standard InChI is InChI=1S/C27H26FN11O4/c1-36-20(25(42)29-7-12-40)13-19(33-36)22-23-21(18(28)15-31-22)17(14-30-23)24(41)26(43)37-8-10-38(11-9-37)27-32-34-35-39(27)16-5-3-2-4-6-16/h2-6,13-15,30,40H,7-12H2,1H3,(H,29,42). The van der Waals surface area contributed by atoms with Crippen LogP contribution in [0.1, 0.15) is 20.8 Å². The fourth-order valence-corrected chi connectivity index (χ4v) is 5.02. The van der Waals surface area contributed by atoms with Crippen molar-refractivity contribution in [2.24, 2.45) is 7.05 Å². The number of H-pyrrole nitrogens is 1. The van der Waals surface area contributed by atoms with Crippen LogP contribution in [0.25, 0.3) is 28.0 Å². The van der Waals surface area contributed by atoms with E-state index < -0.39 is 23.4 Å². The zero-order valence-corrected chi connectivity index (χ0v) is 22.9. The van der Waals surface area contributed by atoms with E-state index in [9.17, 15) is 14.4 Å². The Hall–Kier alpha value is -5.51. The molecule has 4 aromatic heterocycles. The van der Waals surface area contributed by atoms with E-state index in [1.165, 1.54) is 21.8 Å². The first-order valence-electron chi connectivity index (χ1n) is 13.4. The van der Waals surface area contributed by atoms with Crippen molar-refractivity contribution in [2.45, 2.75) is 0 Å². The van der Waals surface area contributed by atoms with Crippen LogP contribution in [0.2, 0.25) is 0 Å². The Bertz CT molecular complexity index is 1820. The van der Waals surface area contributed by atoms with Gasteiger partial charge in [0.05, 0.1) is 35.0 Å². The lowest BCUT2D eigenvalue weighted by Crippen LogP contribution is -2.51. The van der Waals surface area contributed by atoms with Crippen molar-refractivity contribution in [1.29, 1.82) is 0 Å². The van der Waals surface area contributed by atoms with Crippen LogP contribution in [0.3, 0.4) is 0 Å². The number of aromatic nitrogens is 8. The Kier molecular flexibility index (Phi) is 7.33. The summed E-state index contributed by atoms with van der Waals surface area (Å²) in [6.07, 6.45) is 2.23. The van der Waals surface area contributed by atoms with Gasteiger partial charge >= 0.3 is 0 Å². The zero-order chi connectivity index (χ0) is 30.1. The molecule has 0 unspecified atom stereocenters. The number of aliphatic hydroxyl groups excluding tert-OH is 1. The van der Waals surface area contributed by atoms with Crippen molar-refractivity contribution in [3.05, 3.63) is 65.9 Å². The third kappa shape index (κ3) is 5.07. The monoisotopic (exact) mass is 587 g/mol. The van der Waals surface area contributed by atoms with Crippen LogP contribution in [0.4, 0.5) is 10.3 Å². The Morgan fingerprint density at radius 1 is 1.12 bits per heavy atom. The highest BCUT2D eigenvalue weighted by Gasteiger charge is 2.31. The average Bonchev–Trinajstić information content (AvgIpc) is 3.79. The average molecular weight is 588 g/mol. The highest BCUT2D eigenvalue weighted by Crippen LogP contribution is 2.30. The molecule has 0 bridgehead atoms. The van der Waals surface area contributed by atoms with Gasteiger partial charge in [-0.2, -0.15) is 9.78 Å². The van der Waals surface area contributed by atoms with E-state index in [-0.39, 0.29) is 59.8 Å². The summed E-state index contributed by atoms with van der Waals surface area (Å²) < 4.78 is 18.0. The Balaban J connectivity index is 1.20. The molecule has 43 heavy (non-hydrogen) atoms. The number of carbonyl (C=O) groups is 3. The zero-order valence-electron chi connectivity index (χ0n) is 22.9. The molecule has 6 rings (SSSR count). The summed E-state index contributed by atoms with van der Waals surface area (Å²) in [6, 6.07) is 10.9. The van der Waals surface area contributed by atoms with Crippen molar-refractivity contribution in [3.8, 4) is 17.1 Å². The first-order chi connectivity index (χ1) is 20.9. The number of aliphatic hydroxyl groups is 1. The summed E-state index contributed by atoms with van der Waals surface area (Å²) in [5.41, 5.74) is 1.46. The predicted molar refractivity (Wildman–Crippen MR) is 150 cm³/mol. The Morgan fingerprint density at radius 2 is 1.88 bits per heavy atom. The number of ketones is 1. The second-order valence-electron chi connectivity index (χ2n) is 9.76. The van der Waals surface area contributed by atoms with Gasteiger partial charge in [-0.25, -0.2) is 9.37 Å². The molecule has 1 fully saturated rings. The van der Waals surface area contributed by atoms with Crippen molar-refractivity contribution >= 4 is 34.4 Å². The number of hydrogen-bond acceptors (Lipinski definition) is 10.